The molecular weight excluding hydrogens is 1290 g/mol. The molecular formula is C102H85BN4. The molecule has 516 valence electrons. The first kappa shape index (κ1) is 66.5. The van der Waals surface area contributed by atoms with Crippen molar-refractivity contribution >= 4 is 96.1 Å². The summed E-state index contributed by atoms with van der Waals surface area (Å²) in [6, 6.07) is 133. The van der Waals surface area contributed by atoms with E-state index in [0.29, 0.717) is 0 Å². The Morgan fingerprint density at radius 1 is 0.252 bits per heavy atom. The maximum atomic E-state index is 2.75. The first-order valence-corrected chi connectivity index (χ1v) is 37.8. The lowest BCUT2D eigenvalue weighted by Crippen LogP contribution is -2.61. The predicted molar refractivity (Wildman–Crippen MR) is 458 cm³/mol. The van der Waals surface area contributed by atoms with Crippen LogP contribution >= 0.6 is 0 Å². The van der Waals surface area contributed by atoms with E-state index in [4.69, 9.17) is 0 Å². The van der Waals surface area contributed by atoms with Crippen LogP contribution in [0.1, 0.15) is 79.0 Å². The molecule has 0 bridgehead atoms. The van der Waals surface area contributed by atoms with E-state index in [9.17, 15) is 0 Å². The number of aromatic nitrogens is 1. The number of fused-ring (bicyclic) bond motifs is 8. The van der Waals surface area contributed by atoms with Gasteiger partial charge in [-0.1, -0.05) is 323 Å². The molecule has 1 aromatic heterocycles. The van der Waals surface area contributed by atoms with Crippen LogP contribution in [0.3, 0.4) is 0 Å². The lowest BCUT2D eigenvalue weighted by Gasteiger charge is -2.47. The summed E-state index contributed by atoms with van der Waals surface area (Å²) in [5.41, 5.74) is 33.9. The summed E-state index contributed by atoms with van der Waals surface area (Å²) in [4.78, 5) is 7.93. The third-order valence-corrected chi connectivity index (χ3v) is 22.2. The molecule has 0 unspecified atom stereocenters. The highest BCUT2D eigenvalue weighted by molar-refractivity contribution is 7.02. The van der Waals surface area contributed by atoms with Crippen molar-refractivity contribution in [3.63, 3.8) is 0 Å². The number of anilines is 9. The summed E-state index contributed by atoms with van der Waals surface area (Å²) in [7, 11) is 0. The monoisotopic (exact) mass is 1380 g/mol. The molecule has 0 atom stereocenters. The standard InChI is InChI=1S/C102H85BN4/c1-100(2,3)74-61-83(70-41-22-12-23-42-70)98(84(62-74)71-43-24-13-25-44-71)106-90-60-59-89-94(82-53-34-35-56-88(82)105(89)97-80(68-37-18-10-19-38-68)54-36-55-81(97)69-39-20-11-21-40-69)96(90)103-87-58-57-79(104(77-49-30-16-31-50-77)78-51-32-17-33-52-78)67-91(87)107(93-66-76(102(7,8)9)65-92(106)95(93)103)99-85(72-45-26-14-27-46-72)63-75(101(4,5)6)64-86(99)73-47-28-15-29-48-73/h10-67H,1-9H3. The van der Waals surface area contributed by atoms with Gasteiger partial charge in [-0.3, -0.25) is 0 Å². The van der Waals surface area contributed by atoms with Crippen molar-refractivity contribution in [2.45, 2.75) is 78.6 Å². The van der Waals surface area contributed by atoms with Gasteiger partial charge in [-0.15, -0.1) is 0 Å². The Bertz CT molecular complexity index is 5810. The predicted octanol–water partition coefficient (Wildman–Crippen LogP) is 26.2. The van der Waals surface area contributed by atoms with Crippen molar-refractivity contribution < 1.29 is 0 Å². The van der Waals surface area contributed by atoms with Crippen LogP contribution in [-0.4, -0.2) is 11.3 Å². The minimum Gasteiger partial charge on any atom is -0.310 e. The van der Waals surface area contributed by atoms with E-state index in [1.165, 1.54) is 43.9 Å². The van der Waals surface area contributed by atoms with Crippen LogP contribution in [0.15, 0.2) is 352 Å². The largest absolute Gasteiger partial charge is 0.310 e. The Hall–Kier alpha value is -12.4. The summed E-state index contributed by atoms with van der Waals surface area (Å²) in [5.74, 6) is 0. The van der Waals surface area contributed by atoms with Gasteiger partial charge in [-0.05, 0) is 174 Å². The average molecular weight is 1380 g/mol. The topological polar surface area (TPSA) is 14.7 Å². The lowest BCUT2D eigenvalue weighted by atomic mass is 9.32. The average Bonchev–Trinajstić information content (AvgIpc) is 1.64. The third kappa shape index (κ3) is 11.6. The minimum atomic E-state index is -0.348. The Kier molecular flexibility index (Phi) is 16.4. The number of para-hydroxylation sites is 4. The summed E-state index contributed by atoms with van der Waals surface area (Å²) in [6.45, 7) is 21.0. The van der Waals surface area contributed by atoms with Gasteiger partial charge in [0.25, 0.3) is 6.71 Å². The third-order valence-electron chi connectivity index (χ3n) is 22.2. The second-order valence-electron chi connectivity index (χ2n) is 32.0. The van der Waals surface area contributed by atoms with Gasteiger partial charge in [0.05, 0.1) is 28.1 Å². The van der Waals surface area contributed by atoms with Crippen LogP contribution in [-0.2, 0) is 16.2 Å². The van der Waals surface area contributed by atoms with Crippen LogP contribution in [0.25, 0.3) is 94.3 Å². The molecule has 15 aromatic carbocycles. The zero-order chi connectivity index (χ0) is 72.9. The quantitative estimate of drug-likeness (QED) is 0.113. The van der Waals surface area contributed by atoms with Gasteiger partial charge in [-0.2, -0.15) is 0 Å². The van der Waals surface area contributed by atoms with E-state index in [1.54, 1.807) is 0 Å². The fourth-order valence-electron chi connectivity index (χ4n) is 16.9. The Labute approximate surface area is 630 Å². The van der Waals surface area contributed by atoms with E-state index >= 15 is 0 Å². The zero-order valence-electron chi connectivity index (χ0n) is 62.4. The van der Waals surface area contributed by atoms with Gasteiger partial charge >= 0.3 is 0 Å². The fourth-order valence-corrected chi connectivity index (χ4v) is 16.9. The Balaban J connectivity index is 1.07. The van der Waals surface area contributed by atoms with Crippen LogP contribution < -0.4 is 31.1 Å². The smallest absolute Gasteiger partial charge is 0.253 e. The maximum absolute atomic E-state index is 2.75. The SMILES string of the molecule is CC(C)(C)c1cc(-c2ccccc2)c(N2c3cc(N(c4ccccc4)c4ccccc4)ccc3B3c4c2cc(C(C)(C)C)cc4N(c2c(-c4ccccc4)cc(C(C)(C)C)cc2-c2ccccc2)c2ccc4c(c23)c2ccccc2n4-c2c(-c3ccccc3)cccc2-c2ccccc2)c(-c2ccccc2)c1. The van der Waals surface area contributed by atoms with Crippen LogP contribution in [0.4, 0.5) is 51.2 Å². The molecule has 4 nitrogen and oxygen atoms in total. The van der Waals surface area contributed by atoms with Gasteiger partial charge in [0.2, 0.25) is 0 Å². The minimum absolute atomic E-state index is 0.209. The Morgan fingerprint density at radius 2 is 0.607 bits per heavy atom. The van der Waals surface area contributed by atoms with E-state index < -0.39 is 0 Å². The number of rotatable bonds is 12. The first-order valence-electron chi connectivity index (χ1n) is 37.8. The fraction of sp³-hybridized carbons (Fsp3) is 0.118. The van der Waals surface area contributed by atoms with Crippen LogP contribution in [0.5, 0.6) is 0 Å². The highest BCUT2D eigenvalue weighted by Gasteiger charge is 2.48. The molecule has 0 fully saturated rings. The normalized spacial score (nSPS) is 12.7. The van der Waals surface area contributed by atoms with Crippen LogP contribution in [0.2, 0.25) is 0 Å². The van der Waals surface area contributed by atoms with Crippen molar-refractivity contribution in [1.29, 1.82) is 0 Å². The molecule has 2 aliphatic heterocycles. The maximum Gasteiger partial charge on any atom is 0.253 e. The summed E-state index contributed by atoms with van der Waals surface area (Å²) in [5, 5.41) is 2.39. The van der Waals surface area contributed by atoms with E-state index in [2.05, 4.69) is 433 Å². The van der Waals surface area contributed by atoms with Crippen molar-refractivity contribution in [3.05, 3.63) is 369 Å². The molecule has 16 aromatic rings. The zero-order valence-corrected chi connectivity index (χ0v) is 62.4. The molecule has 0 amide bonds. The molecule has 0 saturated carbocycles. The molecule has 0 spiro atoms. The second kappa shape index (κ2) is 26.3. The molecule has 3 heterocycles. The molecule has 0 N–H and O–H groups in total. The van der Waals surface area contributed by atoms with Gasteiger partial charge < -0.3 is 19.3 Å². The first-order chi connectivity index (χ1) is 52.0. The number of hydrogen-bond acceptors (Lipinski definition) is 3. The molecule has 107 heavy (non-hydrogen) atoms. The highest BCUT2D eigenvalue weighted by atomic mass is 15.2. The number of hydrogen-bond donors (Lipinski definition) is 0. The molecule has 0 aliphatic carbocycles. The van der Waals surface area contributed by atoms with Gasteiger partial charge in [0, 0.05) is 84.0 Å². The molecule has 0 radical (unpaired) electrons. The second-order valence-corrected chi connectivity index (χ2v) is 32.0. The van der Waals surface area contributed by atoms with Crippen LogP contribution in [0, 0.1) is 0 Å². The summed E-state index contributed by atoms with van der Waals surface area (Å²) in [6.07, 6.45) is 0. The van der Waals surface area contributed by atoms with Gasteiger partial charge in [-0.25, -0.2) is 0 Å². The lowest BCUT2D eigenvalue weighted by molar-refractivity contribution is 0.590. The summed E-state index contributed by atoms with van der Waals surface area (Å²) < 4.78 is 2.62. The number of nitrogens with zero attached hydrogens (tertiary/aromatic N) is 4. The van der Waals surface area contributed by atoms with Gasteiger partial charge in [0.15, 0.2) is 0 Å². The molecule has 5 heteroatoms. The van der Waals surface area contributed by atoms with Crippen molar-refractivity contribution in [3.8, 4) is 72.4 Å². The van der Waals surface area contributed by atoms with Crippen molar-refractivity contribution in [2.75, 3.05) is 14.7 Å². The molecule has 18 rings (SSSR count). The van der Waals surface area contributed by atoms with Crippen molar-refractivity contribution in [2.24, 2.45) is 0 Å². The summed E-state index contributed by atoms with van der Waals surface area (Å²) >= 11 is 0. The highest BCUT2D eigenvalue weighted by Crippen LogP contribution is 2.57. The van der Waals surface area contributed by atoms with Gasteiger partial charge in [0.1, 0.15) is 0 Å². The van der Waals surface area contributed by atoms with Crippen molar-refractivity contribution in [1.82, 2.24) is 4.57 Å². The number of benzene rings is 15. The Morgan fingerprint density at radius 3 is 1.01 bits per heavy atom. The molecule has 0 saturated heterocycles. The van der Waals surface area contributed by atoms with E-state index in [-0.39, 0.29) is 23.0 Å². The molecule has 2 aliphatic rings. The van der Waals surface area contributed by atoms with E-state index in [1.807, 2.05) is 0 Å². The van der Waals surface area contributed by atoms with E-state index in [0.717, 1.165) is 135 Å².